The van der Waals surface area contributed by atoms with E-state index in [0.717, 1.165) is 17.0 Å². The van der Waals surface area contributed by atoms with Crippen molar-refractivity contribution in [2.24, 2.45) is 0 Å². The molecule has 0 fully saturated rings. The third-order valence-corrected chi connectivity index (χ3v) is 2.50. The van der Waals surface area contributed by atoms with Crippen LogP contribution in [0.4, 0.5) is 4.79 Å². The molecular formula is C14H16N2O4. The van der Waals surface area contributed by atoms with Crippen LogP contribution in [-0.4, -0.2) is 30.8 Å². The molecule has 106 valence electrons. The van der Waals surface area contributed by atoms with Gasteiger partial charge >= 0.3 is 6.09 Å². The highest BCUT2D eigenvalue weighted by Crippen LogP contribution is 2.20. The first kappa shape index (κ1) is 13.9. The number of nitrogens with zero attached hydrogens (tertiary/aromatic N) is 1. The average Bonchev–Trinajstić information content (AvgIpc) is 2.99. The second-order valence-corrected chi connectivity index (χ2v) is 3.89. The SMILES string of the molecule is CCOC(=O)NCCOc1ccc(-c2cocn2)cc1. The molecule has 1 aromatic heterocycles. The minimum absolute atomic E-state index is 0.357. The van der Waals surface area contributed by atoms with Crippen molar-refractivity contribution in [1.29, 1.82) is 0 Å². The number of rotatable bonds is 6. The summed E-state index contributed by atoms with van der Waals surface area (Å²) in [6.07, 6.45) is 2.54. The Labute approximate surface area is 116 Å². The normalized spacial score (nSPS) is 10.1. The number of amides is 1. The van der Waals surface area contributed by atoms with Crippen LogP contribution in [0.3, 0.4) is 0 Å². The van der Waals surface area contributed by atoms with Crippen LogP contribution in [0.2, 0.25) is 0 Å². The van der Waals surface area contributed by atoms with E-state index in [-0.39, 0.29) is 0 Å². The molecule has 6 nitrogen and oxygen atoms in total. The highest BCUT2D eigenvalue weighted by Gasteiger charge is 2.02. The van der Waals surface area contributed by atoms with E-state index in [1.807, 2.05) is 24.3 Å². The molecule has 2 rings (SSSR count). The van der Waals surface area contributed by atoms with Crippen LogP contribution in [0.1, 0.15) is 6.92 Å². The van der Waals surface area contributed by atoms with E-state index in [9.17, 15) is 4.79 Å². The zero-order valence-electron chi connectivity index (χ0n) is 11.2. The van der Waals surface area contributed by atoms with Crippen molar-refractivity contribution in [2.45, 2.75) is 6.92 Å². The van der Waals surface area contributed by atoms with Crippen LogP contribution in [0.5, 0.6) is 5.75 Å². The number of benzene rings is 1. The summed E-state index contributed by atoms with van der Waals surface area (Å²) in [5.74, 6) is 0.725. The van der Waals surface area contributed by atoms with E-state index < -0.39 is 6.09 Å². The zero-order valence-corrected chi connectivity index (χ0v) is 11.2. The summed E-state index contributed by atoms with van der Waals surface area (Å²) in [6.45, 7) is 2.88. The van der Waals surface area contributed by atoms with Crippen LogP contribution in [0.15, 0.2) is 41.3 Å². The van der Waals surface area contributed by atoms with E-state index in [2.05, 4.69) is 10.3 Å². The number of alkyl carbamates (subject to hydrolysis) is 1. The van der Waals surface area contributed by atoms with Gasteiger partial charge in [0.05, 0.1) is 13.2 Å². The Morgan fingerprint density at radius 3 is 2.80 bits per heavy atom. The topological polar surface area (TPSA) is 73.6 Å². The second kappa shape index (κ2) is 7.18. The van der Waals surface area contributed by atoms with Crippen molar-refractivity contribution in [3.63, 3.8) is 0 Å². The largest absolute Gasteiger partial charge is 0.492 e. The Morgan fingerprint density at radius 2 is 2.15 bits per heavy atom. The maximum absolute atomic E-state index is 11.0. The second-order valence-electron chi connectivity index (χ2n) is 3.89. The van der Waals surface area contributed by atoms with Crippen molar-refractivity contribution < 1.29 is 18.7 Å². The maximum Gasteiger partial charge on any atom is 0.407 e. The summed E-state index contributed by atoms with van der Waals surface area (Å²) in [5.41, 5.74) is 1.73. The molecule has 0 saturated carbocycles. The lowest BCUT2D eigenvalue weighted by molar-refractivity contribution is 0.150. The molecule has 0 atom stereocenters. The van der Waals surface area contributed by atoms with Crippen LogP contribution in [0.25, 0.3) is 11.3 Å². The van der Waals surface area contributed by atoms with Gasteiger partial charge in [0.2, 0.25) is 0 Å². The summed E-state index contributed by atoms with van der Waals surface area (Å²) in [5, 5.41) is 2.58. The van der Waals surface area contributed by atoms with Crippen LogP contribution in [-0.2, 0) is 4.74 Å². The summed E-state index contributed by atoms with van der Waals surface area (Å²) in [6, 6.07) is 7.47. The Bertz CT molecular complexity index is 523. The lowest BCUT2D eigenvalue weighted by Crippen LogP contribution is -2.28. The van der Waals surface area contributed by atoms with Gasteiger partial charge in [0.25, 0.3) is 0 Å². The Morgan fingerprint density at radius 1 is 1.35 bits per heavy atom. The number of ether oxygens (including phenoxy) is 2. The average molecular weight is 276 g/mol. The van der Waals surface area contributed by atoms with Crippen molar-refractivity contribution >= 4 is 6.09 Å². The molecule has 6 heteroatoms. The van der Waals surface area contributed by atoms with Crippen molar-refractivity contribution in [3.8, 4) is 17.0 Å². The Kier molecular flexibility index (Phi) is 5.00. The van der Waals surface area contributed by atoms with Gasteiger partial charge in [0.15, 0.2) is 6.39 Å². The van der Waals surface area contributed by atoms with Crippen molar-refractivity contribution in [3.05, 3.63) is 36.9 Å². The van der Waals surface area contributed by atoms with Gasteiger partial charge in [-0.3, -0.25) is 0 Å². The predicted molar refractivity (Wildman–Crippen MR) is 72.5 cm³/mol. The lowest BCUT2D eigenvalue weighted by Gasteiger charge is -2.08. The fraction of sp³-hybridized carbons (Fsp3) is 0.286. The van der Waals surface area contributed by atoms with Crippen LogP contribution >= 0.6 is 0 Å². The van der Waals surface area contributed by atoms with Crippen LogP contribution in [0, 0.1) is 0 Å². The fourth-order valence-electron chi connectivity index (χ4n) is 1.58. The van der Waals surface area contributed by atoms with Gasteiger partial charge in [-0.15, -0.1) is 0 Å². The fourth-order valence-corrected chi connectivity index (χ4v) is 1.58. The first-order chi connectivity index (χ1) is 9.79. The molecule has 1 amide bonds. The van der Waals surface area contributed by atoms with E-state index in [4.69, 9.17) is 13.9 Å². The monoisotopic (exact) mass is 276 g/mol. The number of oxazole rings is 1. The Balaban J connectivity index is 1.75. The quantitative estimate of drug-likeness (QED) is 0.820. The van der Waals surface area contributed by atoms with Gasteiger partial charge in [-0.1, -0.05) is 0 Å². The molecule has 1 aromatic carbocycles. The van der Waals surface area contributed by atoms with Gasteiger partial charge in [0, 0.05) is 5.56 Å². The molecule has 0 radical (unpaired) electrons. The van der Waals surface area contributed by atoms with Gasteiger partial charge in [-0.05, 0) is 31.2 Å². The summed E-state index contributed by atoms with van der Waals surface area (Å²) < 4.78 is 15.1. The summed E-state index contributed by atoms with van der Waals surface area (Å²) >= 11 is 0. The molecule has 2 aromatic rings. The number of nitrogens with one attached hydrogen (secondary N) is 1. The Hall–Kier alpha value is -2.50. The molecule has 0 unspecified atom stereocenters. The van der Waals surface area contributed by atoms with Gasteiger partial charge in [-0.2, -0.15) is 0 Å². The molecule has 0 aliphatic carbocycles. The molecule has 0 aliphatic rings. The van der Waals surface area contributed by atoms with E-state index in [0.29, 0.717) is 19.8 Å². The number of hydrogen-bond acceptors (Lipinski definition) is 5. The van der Waals surface area contributed by atoms with E-state index >= 15 is 0 Å². The number of carbonyl (C=O) groups excluding carboxylic acids is 1. The standard InChI is InChI=1S/C14H16N2O4/c1-2-19-14(17)15-7-8-20-12-5-3-11(4-6-12)13-9-18-10-16-13/h3-6,9-10H,2,7-8H2,1H3,(H,15,17). The van der Waals surface area contributed by atoms with Crippen molar-refractivity contribution in [1.82, 2.24) is 10.3 Å². The minimum Gasteiger partial charge on any atom is -0.492 e. The van der Waals surface area contributed by atoms with Gasteiger partial charge in [0.1, 0.15) is 24.3 Å². The molecular weight excluding hydrogens is 260 g/mol. The molecule has 0 saturated heterocycles. The molecule has 0 bridgehead atoms. The maximum atomic E-state index is 11.0. The number of hydrogen-bond donors (Lipinski definition) is 1. The highest BCUT2D eigenvalue weighted by atomic mass is 16.5. The van der Waals surface area contributed by atoms with E-state index in [1.54, 1.807) is 13.2 Å². The third-order valence-electron chi connectivity index (χ3n) is 2.50. The summed E-state index contributed by atoms with van der Waals surface area (Å²) in [7, 11) is 0. The van der Waals surface area contributed by atoms with Crippen LogP contribution < -0.4 is 10.1 Å². The smallest absolute Gasteiger partial charge is 0.407 e. The van der Waals surface area contributed by atoms with Crippen molar-refractivity contribution in [2.75, 3.05) is 19.8 Å². The number of carbonyl (C=O) groups is 1. The predicted octanol–water partition coefficient (Wildman–Crippen LogP) is 2.47. The van der Waals surface area contributed by atoms with Gasteiger partial charge in [-0.25, -0.2) is 9.78 Å². The molecule has 20 heavy (non-hydrogen) atoms. The third kappa shape index (κ3) is 4.01. The first-order valence-electron chi connectivity index (χ1n) is 6.31. The molecule has 1 heterocycles. The highest BCUT2D eigenvalue weighted by molar-refractivity contribution is 5.67. The molecule has 1 N–H and O–H groups in total. The minimum atomic E-state index is -0.433. The summed E-state index contributed by atoms with van der Waals surface area (Å²) in [4.78, 5) is 15.1. The van der Waals surface area contributed by atoms with Gasteiger partial charge < -0.3 is 19.2 Å². The molecule has 0 spiro atoms. The van der Waals surface area contributed by atoms with E-state index in [1.165, 1.54) is 6.39 Å². The number of aromatic nitrogens is 1. The zero-order chi connectivity index (χ0) is 14.2. The lowest BCUT2D eigenvalue weighted by atomic mass is 10.2. The molecule has 0 aliphatic heterocycles. The first-order valence-corrected chi connectivity index (χ1v) is 6.31.